The number of ether oxygens (including phenoxy) is 2. The van der Waals surface area contributed by atoms with Crippen LogP contribution in [0.15, 0.2) is 77.2 Å². The third kappa shape index (κ3) is 6.10. The predicted molar refractivity (Wildman–Crippen MR) is 138 cm³/mol. The van der Waals surface area contributed by atoms with E-state index in [0.717, 1.165) is 28.0 Å². The maximum absolute atomic E-state index is 12.4. The van der Waals surface area contributed by atoms with Gasteiger partial charge >= 0.3 is 5.97 Å². The maximum atomic E-state index is 12.4. The van der Waals surface area contributed by atoms with Gasteiger partial charge in [0.2, 0.25) is 5.89 Å². The van der Waals surface area contributed by atoms with Crippen LogP contribution in [0.2, 0.25) is 0 Å². The van der Waals surface area contributed by atoms with Gasteiger partial charge in [-0.2, -0.15) is 0 Å². The van der Waals surface area contributed by atoms with Gasteiger partial charge < -0.3 is 19.2 Å². The molecule has 7 nitrogen and oxygen atoms in total. The molecule has 1 N–H and O–H groups in total. The molecule has 0 aliphatic heterocycles. The van der Waals surface area contributed by atoms with Crippen molar-refractivity contribution in [2.24, 2.45) is 5.92 Å². The van der Waals surface area contributed by atoms with Crippen molar-refractivity contribution < 1.29 is 23.5 Å². The van der Waals surface area contributed by atoms with Crippen LogP contribution in [0.25, 0.3) is 22.6 Å². The Labute approximate surface area is 210 Å². The molecular formula is C29H30N2O5. The number of fused-ring (bicyclic) bond motifs is 1. The summed E-state index contributed by atoms with van der Waals surface area (Å²) in [6.45, 7) is 6.49. The molecule has 0 fully saturated rings. The summed E-state index contributed by atoms with van der Waals surface area (Å²) in [6.07, 6.45) is -0.0485. The fraction of sp³-hybridized carbons (Fsp3) is 0.276. The summed E-state index contributed by atoms with van der Waals surface area (Å²) in [5.41, 5.74) is 3.94. The summed E-state index contributed by atoms with van der Waals surface area (Å²) in [4.78, 5) is 28.4. The minimum absolute atomic E-state index is 0.145. The number of carbonyl (C=O) groups excluding carboxylic acids is 2. The van der Waals surface area contributed by atoms with Crippen molar-refractivity contribution >= 4 is 23.0 Å². The number of nitrogens with one attached hydrogen (secondary N) is 1. The van der Waals surface area contributed by atoms with E-state index in [2.05, 4.69) is 24.1 Å². The van der Waals surface area contributed by atoms with Gasteiger partial charge in [0.05, 0.1) is 13.0 Å². The number of rotatable bonds is 10. The Morgan fingerprint density at radius 1 is 0.972 bits per heavy atom. The minimum Gasteiger partial charge on any atom is -0.485 e. The quantitative estimate of drug-likeness (QED) is 0.278. The molecule has 1 heterocycles. The van der Waals surface area contributed by atoms with E-state index in [9.17, 15) is 9.59 Å². The molecule has 0 aliphatic carbocycles. The zero-order valence-corrected chi connectivity index (χ0v) is 20.7. The number of hydrogen-bond donors (Lipinski definition) is 1. The second kappa shape index (κ2) is 11.5. The number of aromatic nitrogens is 1. The smallest absolute Gasteiger partial charge is 0.307 e. The number of hydrogen-bond acceptors (Lipinski definition) is 6. The van der Waals surface area contributed by atoms with Crippen molar-refractivity contribution in [2.75, 3.05) is 13.2 Å². The van der Waals surface area contributed by atoms with E-state index in [4.69, 9.17) is 13.9 Å². The van der Waals surface area contributed by atoms with Crippen LogP contribution in [0.1, 0.15) is 49.2 Å². The van der Waals surface area contributed by atoms with Crippen LogP contribution in [0.5, 0.6) is 5.75 Å². The molecule has 1 atom stereocenters. The van der Waals surface area contributed by atoms with Crippen molar-refractivity contribution in [1.29, 1.82) is 0 Å². The Bertz CT molecular complexity index is 1280. The van der Waals surface area contributed by atoms with Gasteiger partial charge in [-0.25, -0.2) is 4.98 Å². The van der Waals surface area contributed by atoms with Crippen LogP contribution in [-0.4, -0.2) is 30.0 Å². The van der Waals surface area contributed by atoms with Crippen LogP contribution < -0.4 is 10.1 Å². The second-order valence-corrected chi connectivity index (χ2v) is 8.73. The molecule has 0 bridgehead atoms. The summed E-state index contributed by atoms with van der Waals surface area (Å²) in [7, 11) is 0. The first-order chi connectivity index (χ1) is 17.4. The molecule has 0 aliphatic rings. The number of amides is 1. The molecule has 0 radical (unpaired) electrons. The van der Waals surface area contributed by atoms with Gasteiger partial charge in [0.25, 0.3) is 5.91 Å². The van der Waals surface area contributed by atoms with E-state index in [0.29, 0.717) is 18.1 Å². The maximum Gasteiger partial charge on any atom is 0.307 e. The van der Waals surface area contributed by atoms with Crippen LogP contribution in [0, 0.1) is 5.92 Å². The molecule has 0 saturated heterocycles. The molecule has 4 aromatic rings. The highest BCUT2D eigenvalue weighted by atomic mass is 16.5. The lowest BCUT2D eigenvalue weighted by Gasteiger charge is -2.23. The Morgan fingerprint density at radius 2 is 1.69 bits per heavy atom. The molecule has 0 saturated carbocycles. The highest BCUT2D eigenvalue weighted by Crippen LogP contribution is 2.31. The molecule has 1 aromatic heterocycles. The minimum atomic E-state index is -0.327. The van der Waals surface area contributed by atoms with Gasteiger partial charge in [0.15, 0.2) is 5.58 Å². The number of carbonyl (C=O) groups is 2. The van der Waals surface area contributed by atoms with Crippen molar-refractivity contribution in [3.8, 4) is 17.2 Å². The van der Waals surface area contributed by atoms with Crippen LogP contribution >= 0.6 is 0 Å². The summed E-state index contributed by atoms with van der Waals surface area (Å²) in [6, 6.07) is 22.7. The Kier molecular flexibility index (Phi) is 8.00. The molecule has 36 heavy (non-hydrogen) atoms. The lowest BCUT2D eigenvalue weighted by Crippen LogP contribution is -2.26. The molecule has 3 aromatic carbocycles. The van der Waals surface area contributed by atoms with Crippen molar-refractivity contribution in [3.05, 3.63) is 83.9 Å². The lowest BCUT2D eigenvalue weighted by molar-refractivity contribution is -0.142. The Hall–Kier alpha value is -4.13. The van der Waals surface area contributed by atoms with Gasteiger partial charge in [-0.15, -0.1) is 0 Å². The largest absolute Gasteiger partial charge is 0.485 e. The molecule has 7 heteroatoms. The number of oxazole rings is 1. The summed E-state index contributed by atoms with van der Waals surface area (Å²) in [5.74, 6) is 0.939. The monoisotopic (exact) mass is 486 g/mol. The van der Waals surface area contributed by atoms with E-state index < -0.39 is 0 Å². The first kappa shape index (κ1) is 25.0. The highest BCUT2D eigenvalue weighted by Gasteiger charge is 2.19. The van der Waals surface area contributed by atoms with Crippen LogP contribution in [-0.2, 0) is 9.53 Å². The number of nitrogens with zero attached hydrogens (tertiary/aromatic N) is 1. The number of para-hydroxylation sites is 2. The zero-order valence-electron chi connectivity index (χ0n) is 20.7. The third-order valence-electron chi connectivity index (χ3n) is 5.69. The number of benzene rings is 3. The standard InChI is InChI=1S/C29H30N2O5/c1-4-34-26(32)17-18-30-28(33)21-11-9-20(10-12-21)27(19(2)3)35-23-15-13-22(14-16-23)29-31-24-7-5-6-8-25(24)36-29/h5-16,19,27H,4,17-18H2,1-3H3,(H,30,33). The topological polar surface area (TPSA) is 90.7 Å². The average Bonchev–Trinajstić information content (AvgIpc) is 3.32. The fourth-order valence-electron chi connectivity index (χ4n) is 3.84. The fourth-order valence-corrected chi connectivity index (χ4v) is 3.84. The Morgan fingerprint density at radius 3 is 2.36 bits per heavy atom. The van der Waals surface area contributed by atoms with E-state index >= 15 is 0 Å². The second-order valence-electron chi connectivity index (χ2n) is 8.73. The molecule has 1 amide bonds. The zero-order chi connectivity index (χ0) is 25.5. The van der Waals surface area contributed by atoms with E-state index in [1.54, 1.807) is 19.1 Å². The molecule has 186 valence electrons. The van der Waals surface area contributed by atoms with Crippen molar-refractivity contribution in [2.45, 2.75) is 33.3 Å². The van der Waals surface area contributed by atoms with Crippen molar-refractivity contribution in [1.82, 2.24) is 10.3 Å². The molecule has 4 rings (SSSR count). The molecule has 0 spiro atoms. The third-order valence-corrected chi connectivity index (χ3v) is 5.69. The summed E-state index contributed by atoms with van der Waals surface area (Å²) in [5, 5.41) is 2.74. The first-order valence-corrected chi connectivity index (χ1v) is 12.1. The number of esters is 1. The predicted octanol–water partition coefficient (Wildman–Crippen LogP) is 5.95. The van der Waals surface area contributed by atoms with Gasteiger partial charge in [-0.3, -0.25) is 9.59 Å². The molecule has 1 unspecified atom stereocenters. The van der Waals surface area contributed by atoms with Gasteiger partial charge in [0, 0.05) is 17.7 Å². The summed E-state index contributed by atoms with van der Waals surface area (Å²) >= 11 is 0. The molecular weight excluding hydrogens is 456 g/mol. The highest BCUT2D eigenvalue weighted by molar-refractivity contribution is 5.94. The normalized spacial score (nSPS) is 11.9. The van der Waals surface area contributed by atoms with Gasteiger partial charge in [0.1, 0.15) is 17.4 Å². The van der Waals surface area contributed by atoms with E-state index in [1.165, 1.54) is 0 Å². The lowest BCUT2D eigenvalue weighted by atomic mass is 9.97. The Balaban J connectivity index is 1.40. The van der Waals surface area contributed by atoms with Crippen LogP contribution in [0.4, 0.5) is 0 Å². The van der Waals surface area contributed by atoms with Gasteiger partial charge in [-0.05, 0) is 66.9 Å². The average molecular weight is 487 g/mol. The summed E-state index contributed by atoms with van der Waals surface area (Å²) < 4.78 is 17.0. The first-order valence-electron chi connectivity index (χ1n) is 12.1. The van der Waals surface area contributed by atoms with Gasteiger partial charge in [-0.1, -0.05) is 38.1 Å². The van der Waals surface area contributed by atoms with E-state index in [1.807, 2.05) is 60.7 Å². The SMILES string of the molecule is CCOC(=O)CCNC(=O)c1ccc(C(Oc2ccc(-c3nc4ccccc4o3)cc2)C(C)C)cc1. The van der Waals surface area contributed by atoms with E-state index in [-0.39, 0.29) is 36.9 Å². The van der Waals surface area contributed by atoms with Crippen molar-refractivity contribution in [3.63, 3.8) is 0 Å². The van der Waals surface area contributed by atoms with Crippen LogP contribution in [0.3, 0.4) is 0 Å².